The first-order chi connectivity index (χ1) is 21.6. The van der Waals surface area contributed by atoms with Gasteiger partial charge in [-0.1, -0.05) is 60.7 Å². The molecule has 46 heavy (non-hydrogen) atoms. The lowest BCUT2D eigenvalue weighted by molar-refractivity contribution is -0.156. The molecule has 1 fully saturated rings. The number of sulfone groups is 1. The number of carbonyl (C=O) groups excluding carboxylic acids is 5. The van der Waals surface area contributed by atoms with Crippen LogP contribution >= 0.6 is 11.6 Å². The van der Waals surface area contributed by atoms with E-state index >= 15 is 0 Å². The Hall–Kier alpha value is -4.43. The number of rotatable bonds is 10. The van der Waals surface area contributed by atoms with E-state index in [2.05, 4.69) is 5.32 Å². The standard InChI is InChI=1S/C31H33ClN2O11S/c1-18(35)42-15-21-17-46(40,41)27-23(32)26(36)34(27)24(21)29(38)43-16-22(33-30(39)45-31(2,3)4)28(37)44-25(19-11-7-5-8-12-19)20-13-9-6-10-14-20/h5-14,22-23,25,27H,15-17H2,1-4H3,(H,33,39)/t22-,23-,27+/m0/s1. The molecule has 2 aliphatic heterocycles. The van der Waals surface area contributed by atoms with Gasteiger partial charge < -0.3 is 24.3 Å². The molecule has 2 aromatic carbocycles. The molecule has 246 valence electrons. The van der Waals surface area contributed by atoms with Crippen molar-refractivity contribution < 1.29 is 51.3 Å². The molecule has 2 heterocycles. The van der Waals surface area contributed by atoms with Crippen LogP contribution in [-0.2, 0) is 48.0 Å². The minimum Gasteiger partial charge on any atom is -0.461 e. The van der Waals surface area contributed by atoms with Crippen molar-refractivity contribution in [3.63, 3.8) is 0 Å². The lowest BCUT2D eigenvalue weighted by Crippen LogP contribution is -2.68. The van der Waals surface area contributed by atoms with Crippen LogP contribution in [0.1, 0.15) is 44.9 Å². The Balaban J connectivity index is 1.62. The molecule has 2 aliphatic rings. The minimum atomic E-state index is -4.05. The Labute approximate surface area is 270 Å². The fourth-order valence-corrected chi connectivity index (χ4v) is 7.32. The fourth-order valence-electron chi connectivity index (χ4n) is 4.75. The van der Waals surface area contributed by atoms with Crippen molar-refractivity contribution in [2.24, 2.45) is 0 Å². The van der Waals surface area contributed by atoms with Crippen LogP contribution in [0.3, 0.4) is 0 Å². The van der Waals surface area contributed by atoms with E-state index in [0.29, 0.717) is 16.0 Å². The van der Waals surface area contributed by atoms with Crippen LogP contribution < -0.4 is 5.32 Å². The Morgan fingerprint density at radius 1 is 0.978 bits per heavy atom. The van der Waals surface area contributed by atoms with Crippen LogP contribution in [0.4, 0.5) is 4.79 Å². The van der Waals surface area contributed by atoms with E-state index in [4.69, 9.17) is 30.5 Å². The third kappa shape index (κ3) is 8.04. The molecule has 2 aromatic rings. The van der Waals surface area contributed by atoms with Crippen LogP contribution in [0.5, 0.6) is 0 Å². The van der Waals surface area contributed by atoms with E-state index in [1.807, 2.05) is 0 Å². The van der Waals surface area contributed by atoms with Crippen molar-refractivity contribution in [1.82, 2.24) is 10.2 Å². The molecule has 1 saturated heterocycles. The normalized spacial score (nSPS) is 19.3. The number of esters is 3. The summed E-state index contributed by atoms with van der Waals surface area (Å²) < 4.78 is 47.1. The highest BCUT2D eigenvalue weighted by atomic mass is 35.5. The molecule has 13 nitrogen and oxygen atoms in total. The number of alkyl halides is 1. The summed E-state index contributed by atoms with van der Waals surface area (Å²) in [6.45, 7) is 4.49. The van der Waals surface area contributed by atoms with E-state index in [9.17, 15) is 32.4 Å². The second kappa shape index (κ2) is 13.9. The summed E-state index contributed by atoms with van der Waals surface area (Å²) in [5.41, 5.74) is -0.408. The Morgan fingerprint density at radius 3 is 2.07 bits per heavy atom. The zero-order chi connectivity index (χ0) is 33.8. The van der Waals surface area contributed by atoms with E-state index in [1.54, 1.807) is 81.4 Å². The first kappa shape index (κ1) is 34.4. The smallest absolute Gasteiger partial charge is 0.408 e. The van der Waals surface area contributed by atoms with E-state index in [1.165, 1.54) is 0 Å². The van der Waals surface area contributed by atoms with Gasteiger partial charge in [-0.2, -0.15) is 0 Å². The van der Waals surface area contributed by atoms with Crippen molar-refractivity contribution in [3.05, 3.63) is 83.1 Å². The van der Waals surface area contributed by atoms with Crippen molar-refractivity contribution in [2.75, 3.05) is 19.0 Å². The first-order valence-corrected chi connectivity index (χ1v) is 16.3. The molecule has 0 aliphatic carbocycles. The maximum Gasteiger partial charge on any atom is 0.408 e. The second-order valence-electron chi connectivity index (χ2n) is 11.5. The first-order valence-electron chi connectivity index (χ1n) is 14.1. The second-order valence-corrected chi connectivity index (χ2v) is 14.0. The van der Waals surface area contributed by atoms with Gasteiger partial charge in [0.2, 0.25) is 5.91 Å². The summed E-state index contributed by atoms with van der Waals surface area (Å²) >= 11 is 5.98. The summed E-state index contributed by atoms with van der Waals surface area (Å²) in [6, 6.07) is 16.0. The summed E-state index contributed by atoms with van der Waals surface area (Å²) in [7, 11) is -4.05. The quantitative estimate of drug-likeness (QED) is 0.170. The van der Waals surface area contributed by atoms with Gasteiger partial charge in [-0.15, -0.1) is 11.6 Å². The highest BCUT2D eigenvalue weighted by molar-refractivity contribution is 7.92. The molecule has 0 bridgehead atoms. The maximum atomic E-state index is 13.6. The third-order valence-electron chi connectivity index (χ3n) is 6.74. The third-order valence-corrected chi connectivity index (χ3v) is 9.28. The summed E-state index contributed by atoms with van der Waals surface area (Å²) in [5, 5.41) is -0.618. The van der Waals surface area contributed by atoms with Crippen molar-refractivity contribution in [1.29, 1.82) is 0 Å². The molecular formula is C31H33ClN2O11S. The van der Waals surface area contributed by atoms with E-state index < -0.39 is 92.9 Å². The van der Waals surface area contributed by atoms with Gasteiger partial charge in [0, 0.05) is 12.5 Å². The molecule has 0 spiro atoms. The predicted octanol–water partition coefficient (Wildman–Crippen LogP) is 2.78. The number of β-lactam (4-membered cyclic amide) rings is 1. The molecule has 0 saturated carbocycles. The largest absolute Gasteiger partial charge is 0.461 e. The van der Waals surface area contributed by atoms with Crippen LogP contribution in [0.2, 0.25) is 0 Å². The molecule has 3 atom stereocenters. The van der Waals surface area contributed by atoms with E-state index in [-0.39, 0.29) is 5.57 Å². The lowest BCUT2D eigenvalue weighted by atomic mass is 10.0. The van der Waals surface area contributed by atoms with Crippen molar-refractivity contribution >= 4 is 51.3 Å². The number of benzene rings is 2. The SMILES string of the molecule is CC(=O)OCC1=C(C(=O)OC[C@H](NC(=O)OC(C)(C)C)C(=O)OC(c2ccccc2)c2ccccc2)N2C(=O)[C@H](Cl)[C@H]2S(=O)(=O)C1. The fraction of sp³-hybridized carbons (Fsp3) is 0.387. The number of alkyl carbamates (subject to hydrolysis) is 1. The molecule has 15 heteroatoms. The molecule has 0 aromatic heterocycles. The highest BCUT2D eigenvalue weighted by Gasteiger charge is 2.59. The zero-order valence-corrected chi connectivity index (χ0v) is 27.0. The zero-order valence-electron chi connectivity index (χ0n) is 25.4. The molecular weight excluding hydrogens is 644 g/mol. The van der Waals surface area contributed by atoms with Gasteiger partial charge in [-0.25, -0.2) is 22.8 Å². The lowest BCUT2D eigenvalue weighted by Gasteiger charge is -2.46. The average molecular weight is 677 g/mol. The van der Waals surface area contributed by atoms with Gasteiger partial charge in [0.25, 0.3) is 0 Å². The number of halogens is 1. The summed E-state index contributed by atoms with van der Waals surface area (Å²) in [4.78, 5) is 64.6. The highest BCUT2D eigenvalue weighted by Crippen LogP contribution is 2.39. The minimum absolute atomic E-state index is 0.221. The summed E-state index contributed by atoms with van der Waals surface area (Å²) in [6.07, 6.45) is -1.92. The Kier molecular flexibility index (Phi) is 10.4. The molecule has 1 N–H and O–H groups in total. The van der Waals surface area contributed by atoms with Gasteiger partial charge in [-0.05, 0) is 31.9 Å². The number of nitrogens with zero attached hydrogens (tertiary/aromatic N) is 1. The van der Waals surface area contributed by atoms with Crippen LogP contribution in [0.25, 0.3) is 0 Å². The number of hydrogen-bond donors (Lipinski definition) is 1. The number of ether oxygens (including phenoxy) is 4. The average Bonchev–Trinajstić information content (AvgIpc) is 2.99. The van der Waals surface area contributed by atoms with Gasteiger partial charge in [-0.3, -0.25) is 14.5 Å². The number of fused-ring (bicyclic) bond motifs is 1. The topological polar surface area (TPSA) is 172 Å². The summed E-state index contributed by atoms with van der Waals surface area (Å²) in [5.74, 6) is -4.58. The van der Waals surface area contributed by atoms with Gasteiger partial charge >= 0.3 is 24.0 Å². The monoisotopic (exact) mass is 676 g/mol. The Bertz CT molecular complexity index is 1600. The van der Waals surface area contributed by atoms with Crippen LogP contribution in [0.15, 0.2) is 71.9 Å². The molecule has 4 rings (SSSR count). The molecule has 2 amide bonds. The Morgan fingerprint density at radius 2 is 1.54 bits per heavy atom. The van der Waals surface area contributed by atoms with Crippen molar-refractivity contribution in [2.45, 2.75) is 56.2 Å². The van der Waals surface area contributed by atoms with Crippen molar-refractivity contribution in [3.8, 4) is 0 Å². The number of hydrogen-bond acceptors (Lipinski definition) is 11. The van der Waals surface area contributed by atoms with Crippen LogP contribution in [-0.4, -0.2) is 84.6 Å². The molecule has 0 radical (unpaired) electrons. The van der Waals surface area contributed by atoms with Gasteiger partial charge in [0.05, 0.1) is 5.75 Å². The van der Waals surface area contributed by atoms with Gasteiger partial charge in [0.15, 0.2) is 27.4 Å². The number of amides is 2. The number of carbonyl (C=O) groups is 5. The maximum absolute atomic E-state index is 13.6. The number of nitrogens with one attached hydrogen (secondary N) is 1. The van der Waals surface area contributed by atoms with E-state index in [0.717, 1.165) is 6.92 Å². The molecule has 0 unspecified atom stereocenters. The van der Waals surface area contributed by atoms with Crippen LogP contribution in [0, 0.1) is 0 Å². The predicted molar refractivity (Wildman–Crippen MR) is 163 cm³/mol. The van der Waals surface area contributed by atoms with Gasteiger partial charge in [0.1, 0.15) is 29.9 Å².